The van der Waals surface area contributed by atoms with Crippen LogP contribution in [0.5, 0.6) is 0 Å². The lowest BCUT2D eigenvalue weighted by molar-refractivity contribution is 0.282. The highest BCUT2D eigenvalue weighted by Gasteiger charge is 1.92. The third-order valence-corrected chi connectivity index (χ3v) is 1.67. The van der Waals surface area contributed by atoms with E-state index in [1.807, 2.05) is 6.92 Å². The van der Waals surface area contributed by atoms with Crippen LogP contribution in [-0.2, 0) is 13.0 Å². The second-order valence-electron chi connectivity index (χ2n) is 2.72. The van der Waals surface area contributed by atoms with Crippen LogP contribution in [-0.4, -0.2) is 5.11 Å². The van der Waals surface area contributed by atoms with Crippen molar-refractivity contribution >= 4 is 0 Å². The Kier molecular flexibility index (Phi) is 2.07. The number of hydrogen-bond donors (Lipinski definition) is 1. The van der Waals surface area contributed by atoms with E-state index >= 15 is 0 Å². The summed E-state index contributed by atoms with van der Waals surface area (Å²) in [4.78, 5) is 0. The van der Waals surface area contributed by atoms with Gasteiger partial charge in [0.05, 0.1) is 12.1 Å². The lowest BCUT2D eigenvalue weighted by Gasteiger charge is -2.00. The average molecular weight is 168 g/mol. The van der Waals surface area contributed by atoms with Crippen LogP contribution in [0.4, 0.5) is 0 Å². The first-order valence-corrected chi connectivity index (χ1v) is 4.23. The quantitative estimate of drug-likeness (QED) is 0.732. The summed E-state index contributed by atoms with van der Waals surface area (Å²) in [6.45, 7) is 1.56. The number of benzene rings is 1. The van der Waals surface area contributed by atoms with Gasteiger partial charge in [-0.3, -0.25) is 0 Å². The molecule has 0 saturated heterocycles. The minimum Gasteiger partial charge on any atom is -0.392 e. The molecular formula is C11H16O. The zero-order valence-electron chi connectivity index (χ0n) is 11.3. The smallest absolute Gasteiger partial charge is 0.0681 e. The number of unbranched alkanes of at least 4 members (excludes halogenated alkanes) is 1. The minimum atomic E-state index is -0.455. The van der Waals surface area contributed by atoms with Crippen LogP contribution >= 0.6 is 0 Å². The molecule has 0 bridgehead atoms. The van der Waals surface area contributed by atoms with Gasteiger partial charge in [-0.25, -0.2) is 0 Å². The Morgan fingerprint density at radius 1 is 1.25 bits per heavy atom. The maximum atomic E-state index is 9.01. The van der Waals surface area contributed by atoms with E-state index in [2.05, 4.69) is 0 Å². The zero-order chi connectivity index (χ0) is 12.3. The van der Waals surface area contributed by atoms with Crippen molar-refractivity contribution in [3.8, 4) is 0 Å². The lowest BCUT2D eigenvalue weighted by atomic mass is 10.1. The molecule has 0 heterocycles. The van der Waals surface area contributed by atoms with Gasteiger partial charge >= 0.3 is 0 Å². The van der Waals surface area contributed by atoms with Crippen molar-refractivity contribution < 1.29 is 10.6 Å². The number of hydrogen-bond acceptors (Lipinski definition) is 1. The second-order valence-corrected chi connectivity index (χ2v) is 2.72. The fourth-order valence-electron chi connectivity index (χ4n) is 0.922. The van der Waals surface area contributed by atoms with Crippen molar-refractivity contribution in [1.29, 1.82) is 0 Å². The highest BCUT2D eigenvalue weighted by atomic mass is 16.3. The molecule has 0 unspecified atom stereocenters. The summed E-state index contributed by atoms with van der Waals surface area (Å²) in [7, 11) is 0. The van der Waals surface area contributed by atoms with Crippen molar-refractivity contribution in [2.45, 2.75) is 32.8 Å². The van der Waals surface area contributed by atoms with E-state index in [4.69, 9.17) is 10.6 Å². The molecule has 1 rings (SSSR count). The molecule has 0 aliphatic rings. The van der Waals surface area contributed by atoms with E-state index in [-0.39, 0.29) is 29.7 Å². The Labute approximate surface area is 79.7 Å². The highest BCUT2D eigenvalue weighted by Crippen LogP contribution is 2.07. The third kappa shape index (κ3) is 2.67. The van der Waals surface area contributed by atoms with Gasteiger partial charge in [0.15, 0.2) is 0 Å². The van der Waals surface area contributed by atoms with Gasteiger partial charge < -0.3 is 5.11 Å². The maximum Gasteiger partial charge on any atom is 0.0681 e. The van der Waals surface area contributed by atoms with Gasteiger partial charge in [-0.2, -0.15) is 0 Å². The van der Waals surface area contributed by atoms with Crippen LogP contribution in [0.15, 0.2) is 24.2 Å². The van der Waals surface area contributed by atoms with Crippen LogP contribution < -0.4 is 0 Å². The molecule has 1 N–H and O–H groups in total. The van der Waals surface area contributed by atoms with Gasteiger partial charge in [0.25, 0.3) is 0 Å². The Morgan fingerprint density at radius 3 is 2.33 bits per heavy atom. The van der Waals surface area contributed by atoms with E-state index in [9.17, 15) is 0 Å². The Bertz CT molecular complexity index is 361. The summed E-state index contributed by atoms with van der Waals surface area (Å²) >= 11 is 0. The molecule has 1 aromatic carbocycles. The summed E-state index contributed by atoms with van der Waals surface area (Å²) in [6.07, 6.45) is 2.34. The number of rotatable bonds is 4. The van der Waals surface area contributed by atoms with Crippen LogP contribution in [0.25, 0.3) is 0 Å². The summed E-state index contributed by atoms with van der Waals surface area (Å²) < 4.78 is 30.8. The fraction of sp³-hybridized carbons (Fsp3) is 0.455. The molecule has 1 aromatic rings. The van der Waals surface area contributed by atoms with E-state index < -0.39 is 6.61 Å². The van der Waals surface area contributed by atoms with Crippen LogP contribution in [0, 0.1) is 0 Å². The molecule has 0 saturated carbocycles. The summed E-state index contributed by atoms with van der Waals surface area (Å²) in [5, 5.41) is 9.01. The highest BCUT2D eigenvalue weighted by molar-refractivity contribution is 5.21. The molecule has 0 atom stereocenters. The van der Waals surface area contributed by atoms with Gasteiger partial charge in [-0.05, 0) is 24.0 Å². The standard InChI is InChI=1S/C11H16O/c1-2-3-4-10-5-7-11(9-12)8-6-10/h5-8,12H,2-4,9H2,1H3/i5D,6D,7D,8D. The molecule has 0 aliphatic heterocycles. The van der Waals surface area contributed by atoms with Gasteiger partial charge in [0, 0.05) is 0 Å². The van der Waals surface area contributed by atoms with Crippen LogP contribution in [0.3, 0.4) is 0 Å². The first-order chi connectivity index (χ1) is 7.54. The predicted molar refractivity (Wildman–Crippen MR) is 51.0 cm³/mol. The van der Waals surface area contributed by atoms with E-state index in [1.54, 1.807) is 0 Å². The molecule has 1 nitrogen and oxygen atoms in total. The average Bonchev–Trinajstić information content (AvgIpc) is 2.27. The van der Waals surface area contributed by atoms with Gasteiger partial charge in [0.1, 0.15) is 0 Å². The minimum absolute atomic E-state index is 0.0153. The van der Waals surface area contributed by atoms with Gasteiger partial charge in [-0.15, -0.1) is 0 Å². The third-order valence-electron chi connectivity index (χ3n) is 1.67. The fourth-order valence-corrected chi connectivity index (χ4v) is 0.922. The topological polar surface area (TPSA) is 20.2 Å². The van der Waals surface area contributed by atoms with Crippen molar-refractivity contribution in [3.63, 3.8) is 0 Å². The lowest BCUT2D eigenvalue weighted by Crippen LogP contribution is -1.86. The first-order valence-electron chi connectivity index (χ1n) is 6.23. The van der Waals surface area contributed by atoms with Crippen LogP contribution in [0.2, 0.25) is 0 Å². The second kappa shape index (κ2) is 4.94. The van der Waals surface area contributed by atoms with Crippen LogP contribution in [0.1, 0.15) is 36.4 Å². The molecule has 0 amide bonds. The van der Waals surface area contributed by atoms with E-state index in [1.165, 1.54) is 0 Å². The molecule has 0 spiro atoms. The SMILES string of the molecule is [2H]c1c([2H])c(CCCC)c([2H])c([2H])c1CO. The molecule has 12 heavy (non-hydrogen) atoms. The van der Waals surface area contributed by atoms with Crippen molar-refractivity contribution in [2.75, 3.05) is 0 Å². The normalized spacial score (nSPS) is 14.8. The van der Waals surface area contributed by atoms with E-state index in [0.29, 0.717) is 12.0 Å². The molecule has 0 aliphatic carbocycles. The zero-order valence-corrected chi connectivity index (χ0v) is 7.28. The van der Waals surface area contributed by atoms with Gasteiger partial charge in [0.2, 0.25) is 0 Å². The monoisotopic (exact) mass is 168 g/mol. The van der Waals surface area contributed by atoms with E-state index in [0.717, 1.165) is 12.8 Å². The molecular weight excluding hydrogens is 148 g/mol. The Morgan fingerprint density at radius 2 is 1.83 bits per heavy atom. The molecule has 66 valence electrons. The summed E-state index contributed by atoms with van der Waals surface area (Å²) in [6, 6.07) is -0.263. The van der Waals surface area contributed by atoms with Crippen molar-refractivity contribution in [3.05, 3.63) is 35.3 Å². The van der Waals surface area contributed by atoms with Gasteiger partial charge in [-0.1, -0.05) is 37.5 Å². The molecule has 0 aromatic heterocycles. The number of aliphatic hydroxyl groups excluding tert-OH is 1. The largest absolute Gasteiger partial charge is 0.392 e. The number of aliphatic hydroxyl groups is 1. The Hall–Kier alpha value is -0.820. The molecule has 0 radical (unpaired) electrons. The summed E-state index contributed by atoms with van der Waals surface area (Å²) in [5.41, 5.74) is 0.532. The van der Waals surface area contributed by atoms with Crippen molar-refractivity contribution in [2.24, 2.45) is 0 Å². The molecule has 0 fully saturated rings. The first kappa shape index (κ1) is 5.03. The predicted octanol–water partition coefficient (Wildman–Crippen LogP) is 2.52. The van der Waals surface area contributed by atoms with Crippen molar-refractivity contribution in [1.82, 2.24) is 0 Å². The summed E-state index contributed by atoms with van der Waals surface area (Å²) in [5.74, 6) is 0. The molecule has 1 heteroatoms. The Balaban J connectivity index is 3.29. The maximum absolute atomic E-state index is 9.01.